The third-order valence-electron chi connectivity index (χ3n) is 3.09. The molecule has 1 rings (SSSR count). The number of hydrogen-bond acceptors (Lipinski definition) is 0. The van der Waals surface area contributed by atoms with E-state index in [4.69, 9.17) is 0 Å². The van der Waals surface area contributed by atoms with Crippen molar-refractivity contribution < 1.29 is 0 Å². The lowest BCUT2D eigenvalue weighted by molar-refractivity contribution is 0.284. The molecule has 96 valence electrons. The largest absolute Gasteiger partial charge is 0.0924 e. The summed E-state index contributed by atoms with van der Waals surface area (Å²) in [7, 11) is 0. The van der Waals surface area contributed by atoms with E-state index < -0.39 is 0 Å². The average molecular weight is 297 g/mol. The van der Waals surface area contributed by atoms with Gasteiger partial charge in [0, 0.05) is 5.33 Å². The summed E-state index contributed by atoms with van der Waals surface area (Å²) >= 11 is 3.48. The SMILES string of the molecule is CC(C)(C)CC(C)(C)c1ccc(CCBr)cc1. The average Bonchev–Trinajstić information content (AvgIpc) is 2.15. The molecule has 1 heteroatoms. The highest BCUT2D eigenvalue weighted by atomic mass is 79.9. The minimum Gasteiger partial charge on any atom is -0.0924 e. The zero-order chi connectivity index (χ0) is 13.1. The van der Waals surface area contributed by atoms with Crippen LogP contribution in [0.2, 0.25) is 0 Å². The van der Waals surface area contributed by atoms with Gasteiger partial charge in [0.25, 0.3) is 0 Å². The molecule has 0 heterocycles. The first-order valence-electron chi connectivity index (χ1n) is 6.40. The third kappa shape index (κ3) is 4.83. The van der Waals surface area contributed by atoms with Gasteiger partial charge in [0.05, 0.1) is 0 Å². The zero-order valence-corrected chi connectivity index (χ0v) is 13.4. The van der Waals surface area contributed by atoms with E-state index in [9.17, 15) is 0 Å². The Labute approximate surface area is 115 Å². The third-order valence-corrected chi connectivity index (χ3v) is 3.49. The summed E-state index contributed by atoms with van der Waals surface area (Å²) < 4.78 is 0. The van der Waals surface area contributed by atoms with E-state index in [0.717, 1.165) is 11.8 Å². The van der Waals surface area contributed by atoms with Crippen LogP contribution in [0.5, 0.6) is 0 Å². The first-order valence-corrected chi connectivity index (χ1v) is 7.52. The van der Waals surface area contributed by atoms with Crippen LogP contribution >= 0.6 is 15.9 Å². The van der Waals surface area contributed by atoms with Gasteiger partial charge in [-0.15, -0.1) is 0 Å². The van der Waals surface area contributed by atoms with E-state index in [1.54, 1.807) is 0 Å². The summed E-state index contributed by atoms with van der Waals surface area (Å²) in [6.07, 6.45) is 2.32. The second kappa shape index (κ2) is 5.56. The van der Waals surface area contributed by atoms with Crippen LogP contribution in [0.1, 0.15) is 52.2 Å². The van der Waals surface area contributed by atoms with Crippen molar-refractivity contribution in [2.75, 3.05) is 5.33 Å². The van der Waals surface area contributed by atoms with Crippen molar-refractivity contribution in [3.63, 3.8) is 0 Å². The second-order valence-electron chi connectivity index (χ2n) is 6.76. The fourth-order valence-electron chi connectivity index (χ4n) is 2.66. The molecule has 1 aromatic rings. The second-order valence-corrected chi connectivity index (χ2v) is 7.55. The van der Waals surface area contributed by atoms with E-state index >= 15 is 0 Å². The van der Waals surface area contributed by atoms with E-state index in [1.165, 1.54) is 17.5 Å². The van der Waals surface area contributed by atoms with Crippen LogP contribution in [0.4, 0.5) is 0 Å². The van der Waals surface area contributed by atoms with Gasteiger partial charge >= 0.3 is 0 Å². The summed E-state index contributed by atoms with van der Waals surface area (Å²) in [6, 6.07) is 9.12. The Morgan fingerprint density at radius 1 is 0.941 bits per heavy atom. The van der Waals surface area contributed by atoms with Crippen LogP contribution in [0.15, 0.2) is 24.3 Å². The van der Waals surface area contributed by atoms with Crippen LogP contribution in [-0.2, 0) is 11.8 Å². The molecular weight excluding hydrogens is 272 g/mol. The van der Waals surface area contributed by atoms with Crippen molar-refractivity contribution in [3.8, 4) is 0 Å². The zero-order valence-electron chi connectivity index (χ0n) is 11.8. The molecule has 0 radical (unpaired) electrons. The van der Waals surface area contributed by atoms with Gasteiger partial charge in [0.15, 0.2) is 0 Å². The maximum atomic E-state index is 3.48. The fourth-order valence-corrected chi connectivity index (χ4v) is 3.12. The highest BCUT2D eigenvalue weighted by Crippen LogP contribution is 2.36. The lowest BCUT2D eigenvalue weighted by atomic mass is 9.72. The Kier molecular flexibility index (Phi) is 4.83. The molecule has 0 aromatic heterocycles. The molecule has 0 unspecified atom stereocenters. The minimum atomic E-state index is 0.255. The number of alkyl halides is 1. The highest BCUT2D eigenvalue weighted by molar-refractivity contribution is 9.09. The van der Waals surface area contributed by atoms with Gasteiger partial charge < -0.3 is 0 Å². The van der Waals surface area contributed by atoms with Gasteiger partial charge in [-0.05, 0) is 34.8 Å². The quantitative estimate of drug-likeness (QED) is 0.658. The standard InChI is InChI=1S/C16H25Br/c1-15(2,3)12-16(4,5)14-8-6-13(7-9-14)10-11-17/h6-9H,10-12H2,1-5H3. The Morgan fingerprint density at radius 3 is 1.88 bits per heavy atom. The van der Waals surface area contributed by atoms with Crippen LogP contribution in [0.25, 0.3) is 0 Å². The van der Waals surface area contributed by atoms with E-state index in [1.807, 2.05) is 0 Å². The van der Waals surface area contributed by atoms with Gasteiger partial charge in [-0.2, -0.15) is 0 Å². The number of rotatable bonds is 4. The lowest BCUT2D eigenvalue weighted by Gasteiger charge is -2.33. The van der Waals surface area contributed by atoms with E-state index in [-0.39, 0.29) is 5.41 Å². The molecule has 0 saturated heterocycles. The first kappa shape index (κ1) is 14.8. The van der Waals surface area contributed by atoms with Crippen molar-refractivity contribution in [3.05, 3.63) is 35.4 Å². The smallest absolute Gasteiger partial charge is 0.00718 e. The molecule has 0 amide bonds. The molecule has 0 aliphatic heterocycles. The molecule has 0 spiro atoms. The van der Waals surface area contributed by atoms with Gasteiger partial charge in [-0.25, -0.2) is 0 Å². The maximum absolute atomic E-state index is 3.48. The van der Waals surface area contributed by atoms with Crippen LogP contribution in [0.3, 0.4) is 0 Å². The summed E-state index contributed by atoms with van der Waals surface area (Å²) in [6.45, 7) is 11.6. The summed E-state index contributed by atoms with van der Waals surface area (Å²) in [5.41, 5.74) is 3.49. The van der Waals surface area contributed by atoms with E-state index in [0.29, 0.717) is 5.41 Å². The fraction of sp³-hybridized carbons (Fsp3) is 0.625. The Morgan fingerprint density at radius 2 is 1.47 bits per heavy atom. The Bertz CT molecular complexity index is 341. The monoisotopic (exact) mass is 296 g/mol. The molecule has 1 aromatic carbocycles. The molecule has 0 aliphatic carbocycles. The van der Waals surface area contributed by atoms with Crippen molar-refractivity contribution in [1.29, 1.82) is 0 Å². The highest BCUT2D eigenvalue weighted by Gasteiger charge is 2.26. The predicted molar refractivity (Wildman–Crippen MR) is 81.0 cm³/mol. The molecule has 0 fully saturated rings. The summed E-state index contributed by atoms with van der Waals surface area (Å²) in [4.78, 5) is 0. The Hall–Kier alpha value is -0.300. The van der Waals surface area contributed by atoms with Gasteiger partial charge in [0.2, 0.25) is 0 Å². The molecule has 0 atom stereocenters. The van der Waals surface area contributed by atoms with Crippen molar-refractivity contribution in [1.82, 2.24) is 0 Å². The van der Waals surface area contributed by atoms with Crippen molar-refractivity contribution in [2.24, 2.45) is 5.41 Å². The number of aryl methyl sites for hydroxylation is 1. The first-order chi connectivity index (χ1) is 7.74. The molecular formula is C16H25Br. The van der Waals surface area contributed by atoms with Crippen molar-refractivity contribution in [2.45, 2.75) is 52.9 Å². The molecule has 0 saturated carbocycles. The summed E-state index contributed by atoms with van der Waals surface area (Å²) in [5.74, 6) is 0. The van der Waals surface area contributed by atoms with Gasteiger partial charge in [0.1, 0.15) is 0 Å². The van der Waals surface area contributed by atoms with E-state index in [2.05, 4.69) is 74.8 Å². The molecule has 0 bridgehead atoms. The lowest BCUT2D eigenvalue weighted by Crippen LogP contribution is -2.24. The molecule has 17 heavy (non-hydrogen) atoms. The number of halogens is 1. The maximum Gasteiger partial charge on any atom is 0.00718 e. The van der Waals surface area contributed by atoms with Crippen molar-refractivity contribution >= 4 is 15.9 Å². The number of hydrogen-bond donors (Lipinski definition) is 0. The predicted octanol–water partition coefficient (Wildman–Crippen LogP) is 5.34. The molecule has 0 nitrogen and oxygen atoms in total. The van der Waals surface area contributed by atoms with Gasteiger partial charge in [-0.3, -0.25) is 0 Å². The summed E-state index contributed by atoms with van der Waals surface area (Å²) in [5, 5.41) is 1.04. The normalized spacial score (nSPS) is 12.8. The van der Waals surface area contributed by atoms with Crippen LogP contribution in [-0.4, -0.2) is 5.33 Å². The van der Waals surface area contributed by atoms with Gasteiger partial charge in [-0.1, -0.05) is 74.8 Å². The van der Waals surface area contributed by atoms with Crippen LogP contribution < -0.4 is 0 Å². The number of benzene rings is 1. The Balaban J connectivity index is 2.84. The topological polar surface area (TPSA) is 0 Å². The minimum absolute atomic E-state index is 0.255. The van der Waals surface area contributed by atoms with Crippen LogP contribution in [0, 0.1) is 5.41 Å². The molecule has 0 aliphatic rings. The molecule has 0 N–H and O–H groups in total.